The Bertz CT molecular complexity index is 960. The first-order valence-electron chi connectivity index (χ1n) is 12.4. The van der Waals surface area contributed by atoms with E-state index in [2.05, 4.69) is 16.8 Å². The average molecular weight is 532 g/mol. The maximum Gasteiger partial charge on any atom is 0.425 e. The lowest BCUT2D eigenvalue weighted by molar-refractivity contribution is 0.0611. The minimum atomic E-state index is -0.622. The van der Waals surface area contributed by atoms with Crippen LogP contribution in [0.5, 0.6) is 5.75 Å². The molecule has 8 nitrogen and oxygen atoms in total. The normalized spacial score (nSPS) is 14.3. The predicted molar refractivity (Wildman–Crippen MR) is 151 cm³/mol. The van der Waals surface area contributed by atoms with E-state index in [1.165, 1.54) is 21.8 Å². The second-order valence-corrected chi connectivity index (χ2v) is 10.8. The number of carbonyl (C=O) groups is 2. The standard InChI is InChI=1S/C20H31N3O4S.C8H10O/c1-20(2,3)27-19(25)23(17-14-16(15-24)6-7-18(17)26-5)28-13-12-22-10-8-21(4)9-11-22;1-9-7-8-5-3-2-4-6-8/h6-7,14-15H,8-13H2,1-5H3;2-6H,7H2,1H3. The van der Waals surface area contributed by atoms with Gasteiger partial charge in [0, 0.05) is 51.1 Å². The SMILES string of the molecule is COCc1ccccc1.COc1ccc(C=O)cc1N(SCCN1CCN(C)CC1)C(=O)OC(C)(C)C. The number of likely N-dealkylation sites (N-methyl/N-ethyl adjacent to an activating group) is 1. The van der Waals surface area contributed by atoms with E-state index in [4.69, 9.17) is 14.2 Å². The van der Waals surface area contributed by atoms with E-state index in [0.717, 1.165) is 44.8 Å². The van der Waals surface area contributed by atoms with E-state index in [9.17, 15) is 9.59 Å². The van der Waals surface area contributed by atoms with E-state index in [1.807, 2.05) is 51.1 Å². The molecule has 3 rings (SSSR count). The van der Waals surface area contributed by atoms with Crippen LogP contribution in [0.3, 0.4) is 0 Å². The summed E-state index contributed by atoms with van der Waals surface area (Å²) in [6.07, 6.45) is 0.280. The number of hydrogen-bond donors (Lipinski definition) is 0. The number of nitrogens with zero attached hydrogens (tertiary/aromatic N) is 3. The summed E-state index contributed by atoms with van der Waals surface area (Å²) in [5.41, 5.74) is 1.59. The molecule has 0 aromatic heterocycles. The number of ether oxygens (including phenoxy) is 3. The van der Waals surface area contributed by atoms with Crippen molar-refractivity contribution in [2.45, 2.75) is 33.0 Å². The molecule has 9 heteroatoms. The van der Waals surface area contributed by atoms with Crippen molar-refractivity contribution in [3.8, 4) is 5.75 Å². The van der Waals surface area contributed by atoms with Crippen LogP contribution >= 0.6 is 11.9 Å². The summed E-state index contributed by atoms with van der Waals surface area (Å²) in [4.78, 5) is 28.8. The van der Waals surface area contributed by atoms with Crippen LogP contribution in [-0.4, -0.2) is 87.5 Å². The molecular formula is C28H41N3O5S. The lowest BCUT2D eigenvalue weighted by Crippen LogP contribution is -2.45. The highest BCUT2D eigenvalue weighted by atomic mass is 32.2. The fraction of sp³-hybridized carbons (Fsp3) is 0.500. The Kier molecular flexibility index (Phi) is 12.9. The fourth-order valence-corrected chi connectivity index (χ4v) is 4.48. The Morgan fingerprint density at radius 3 is 2.30 bits per heavy atom. The Hall–Kier alpha value is -2.59. The van der Waals surface area contributed by atoms with Crippen molar-refractivity contribution in [2.75, 3.05) is 64.0 Å². The zero-order valence-electron chi connectivity index (χ0n) is 22.9. The first kappa shape index (κ1) is 30.6. The van der Waals surface area contributed by atoms with Gasteiger partial charge < -0.3 is 19.1 Å². The predicted octanol–water partition coefficient (Wildman–Crippen LogP) is 4.98. The van der Waals surface area contributed by atoms with Crippen molar-refractivity contribution in [1.29, 1.82) is 0 Å². The van der Waals surface area contributed by atoms with Crippen molar-refractivity contribution < 1.29 is 23.8 Å². The molecule has 2 aromatic carbocycles. The van der Waals surface area contributed by atoms with E-state index < -0.39 is 11.7 Å². The maximum absolute atomic E-state index is 12.9. The Labute approximate surface area is 226 Å². The molecule has 2 aromatic rings. The molecule has 0 radical (unpaired) electrons. The molecule has 1 amide bonds. The summed E-state index contributed by atoms with van der Waals surface area (Å²) in [6, 6.07) is 15.1. The number of benzene rings is 2. The average Bonchev–Trinajstić information content (AvgIpc) is 2.87. The number of amides is 1. The third kappa shape index (κ3) is 11.1. The van der Waals surface area contributed by atoms with Crippen LogP contribution in [0.1, 0.15) is 36.7 Å². The molecule has 1 fully saturated rings. The zero-order chi connectivity index (χ0) is 27.3. The van der Waals surface area contributed by atoms with Crippen molar-refractivity contribution >= 4 is 30.0 Å². The quantitative estimate of drug-likeness (QED) is 0.332. The molecule has 204 valence electrons. The monoisotopic (exact) mass is 531 g/mol. The second kappa shape index (κ2) is 15.6. The van der Waals surface area contributed by atoms with Gasteiger partial charge in [-0.3, -0.25) is 9.69 Å². The molecule has 0 aliphatic carbocycles. The number of carbonyl (C=O) groups excluding carboxylic acids is 2. The Morgan fingerprint density at radius 2 is 1.73 bits per heavy atom. The lowest BCUT2D eigenvalue weighted by atomic mass is 10.2. The number of aldehydes is 1. The summed E-state index contributed by atoms with van der Waals surface area (Å²) in [5, 5.41) is 0. The lowest BCUT2D eigenvalue weighted by Gasteiger charge is -2.33. The molecule has 1 heterocycles. The van der Waals surface area contributed by atoms with Crippen LogP contribution in [-0.2, 0) is 16.1 Å². The minimum absolute atomic E-state index is 0.475. The highest BCUT2D eigenvalue weighted by Crippen LogP contribution is 2.34. The van der Waals surface area contributed by atoms with Gasteiger partial charge in [0.1, 0.15) is 23.3 Å². The maximum atomic E-state index is 12.9. The van der Waals surface area contributed by atoms with Crippen LogP contribution in [0.4, 0.5) is 10.5 Å². The fourth-order valence-electron chi connectivity index (χ4n) is 3.54. The molecule has 1 aliphatic rings. The molecule has 1 aliphatic heterocycles. The van der Waals surface area contributed by atoms with E-state index in [0.29, 0.717) is 23.6 Å². The molecule has 0 atom stereocenters. The topological polar surface area (TPSA) is 71.6 Å². The molecule has 0 N–H and O–H groups in total. The third-order valence-corrected chi connectivity index (χ3v) is 6.46. The van der Waals surface area contributed by atoms with Crippen LogP contribution in [0, 0.1) is 0 Å². The molecule has 1 saturated heterocycles. The van der Waals surface area contributed by atoms with E-state index >= 15 is 0 Å². The van der Waals surface area contributed by atoms with Crippen LogP contribution in [0.15, 0.2) is 48.5 Å². The Morgan fingerprint density at radius 1 is 1.05 bits per heavy atom. The van der Waals surface area contributed by atoms with Crippen molar-refractivity contribution in [3.05, 3.63) is 59.7 Å². The number of piperazine rings is 1. The summed E-state index contributed by atoms with van der Waals surface area (Å²) in [6.45, 7) is 11.2. The molecule has 0 unspecified atom stereocenters. The second-order valence-electron chi connectivity index (χ2n) is 9.72. The van der Waals surface area contributed by atoms with Gasteiger partial charge in [0.05, 0.1) is 13.7 Å². The minimum Gasteiger partial charge on any atom is -0.495 e. The molecule has 37 heavy (non-hydrogen) atoms. The van der Waals surface area contributed by atoms with Crippen LogP contribution in [0.25, 0.3) is 0 Å². The van der Waals surface area contributed by atoms with Gasteiger partial charge in [0.25, 0.3) is 0 Å². The number of hydrogen-bond acceptors (Lipinski definition) is 8. The van der Waals surface area contributed by atoms with Crippen molar-refractivity contribution in [2.24, 2.45) is 0 Å². The largest absolute Gasteiger partial charge is 0.495 e. The number of rotatable bonds is 9. The van der Waals surface area contributed by atoms with Crippen LogP contribution < -0.4 is 9.04 Å². The van der Waals surface area contributed by atoms with E-state index in [1.54, 1.807) is 32.4 Å². The van der Waals surface area contributed by atoms with Gasteiger partial charge in [0.15, 0.2) is 0 Å². The third-order valence-electron chi connectivity index (χ3n) is 5.49. The summed E-state index contributed by atoms with van der Waals surface area (Å²) in [7, 11) is 5.37. The van der Waals surface area contributed by atoms with Crippen LogP contribution in [0.2, 0.25) is 0 Å². The van der Waals surface area contributed by atoms with Gasteiger partial charge >= 0.3 is 6.09 Å². The van der Waals surface area contributed by atoms with Gasteiger partial charge in [-0.2, -0.15) is 0 Å². The van der Waals surface area contributed by atoms with Gasteiger partial charge in [-0.1, -0.05) is 30.3 Å². The van der Waals surface area contributed by atoms with Gasteiger partial charge in [-0.15, -0.1) is 0 Å². The highest BCUT2D eigenvalue weighted by molar-refractivity contribution is 8.01. The van der Waals surface area contributed by atoms with Gasteiger partial charge in [-0.25, -0.2) is 9.10 Å². The highest BCUT2D eigenvalue weighted by Gasteiger charge is 2.27. The summed E-state index contributed by atoms with van der Waals surface area (Å²) >= 11 is 1.37. The molecular weight excluding hydrogens is 490 g/mol. The Balaban J connectivity index is 0.000000449. The first-order chi connectivity index (χ1) is 17.7. The number of anilines is 1. The molecule has 0 saturated carbocycles. The molecule has 0 spiro atoms. The zero-order valence-corrected chi connectivity index (χ0v) is 23.8. The first-order valence-corrected chi connectivity index (χ1v) is 13.3. The summed E-state index contributed by atoms with van der Waals surface area (Å²) < 4.78 is 17.4. The van der Waals surface area contributed by atoms with Crippen molar-refractivity contribution in [1.82, 2.24) is 9.80 Å². The van der Waals surface area contributed by atoms with Gasteiger partial charge in [0.2, 0.25) is 0 Å². The summed E-state index contributed by atoms with van der Waals surface area (Å²) in [5.74, 6) is 1.24. The van der Waals surface area contributed by atoms with Crippen molar-refractivity contribution in [3.63, 3.8) is 0 Å². The number of methoxy groups -OCH3 is 2. The smallest absolute Gasteiger partial charge is 0.425 e. The van der Waals surface area contributed by atoms with Gasteiger partial charge in [-0.05, 0) is 63.5 Å². The van der Waals surface area contributed by atoms with E-state index in [-0.39, 0.29) is 0 Å². The molecule has 0 bridgehead atoms.